The Labute approximate surface area is 137 Å². The molecular weight excluding hydrogens is 290 g/mol. The van der Waals surface area contributed by atoms with E-state index in [2.05, 4.69) is 57.3 Å². The molecule has 1 N–H and O–H groups in total. The van der Waals surface area contributed by atoms with Crippen molar-refractivity contribution in [3.8, 4) is 0 Å². The molecule has 0 atom stereocenters. The molecule has 1 aliphatic heterocycles. The summed E-state index contributed by atoms with van der Waals surface area (Å²) >= 11 is 0. The highest BCUT2D eigenvalue weighted by Crippen LogP contribution is 2.20. The van der Waals surface area contributed by atoms with Gasteiger partial charge in [0, 0.05) is 31.5 Å². The maximum Gasteiger partial charge on any atom is 0.0966 e. The van der Waals surface area contributed by atoms with Crippen molar-refractivity contribution in [1.29, 1.82) is 0 Å². The summed E-state index contributed by atoms with van der Waals surface area (Å²) in [6.45, 7) is 7.15. The van der Waals surface area contributed by atoms with Gasteiger partial charge in [-0.05, 0) is 52.9 Å². The monoisotopic (exact) mass is 317 g/mol. The summed E-state index contributed by atoms with van der Waals surface area (Å²) in [5, 5.41) is 8.51. The number of aromatic amines is 1. The molecule has 0 aliphatic carbocycles. The number of H-pyrrole nitrogens is 1. The van der Waals surface area contributed by atoms with E-state index in [9.17, 15) is 0 Å². The number of likely N-dealkylation sites (tertiary alicyclic amines) is 1. The third-order valence-electron chi connectivity index (χ3n) is 4.52. The quantitative estimate of drug-likeness (QED) is 0.869. The van der Waals surface area contributed by atoms with E-state index in [1.165, 1.54) is 24.2 Å². The minimum absolute atomic E-state index is 0.695. The number of hydrogen-bond donors (Lipinski definition) is 1. The number of piperidine rings is 1. The van der Waals surface area contributed by atoms with Gasteiger partial charge in [0.15, 0.2) is 0 Å². The van der Waals surface area contributed by atoms with Crippen LogP contribution >= 0.6 is 0 Å². The number of nitrogens with zero attached hydrogens (tertiary/aromatic N) is 6. The van der Waals surface area contributed by atoms with Crippen LogP contribution in [0, 0.1) is 12.8 Å². The Hall–Kier alpha value is -1.73. The number of rotatable bonds is 6. The van der Waals surface area contributed by atoms with Crippen molar-refractivity contribution in [3.05, 3.63) is 29.6 Å². The molecule has 2 aromatic heterocycles. The van der Waals surface area contributed by atoms with Crippen LogP contribution in [0.15, 0.2) is 12.5 Å². The lowest BCUT2D eigenvalue weighted by molar-refractivity contribution is 0.162. The summed E-state index contributed by atoms with van der Waals surface area (Å²) < 4.78 is 2.01. The largest absolute Gasteiger partial charge is 0.348 e. The van der Waals surface area contributed by atoms with E-state index in [4.69, 9.17) is 0 Å². The highest BCUT2D eigenvalue weighted by atomic mass is 15.4. The van der Waals surface area contributed by atoms with Crippen LogP contribution in [0.5, 0.6) is 0 Å². The third-order valence-corrected chi connectivity index (χ3v) is 4.52. The minimum atomic E-state index is 0.695. The molecule has 0 spiro atoms. The van der Waals surface area contributed by atoms with Gasteiger partial charge in [0.2, 0.25) is 0 Å². The second-order valence-corrected chi connectivity index (χ2v) is 6.86. The number of hydrogen-bond acceptors (Lipinski definition) is 5. The average molecular weight is 317 g/mol. The van der Waals surface area contributed by atoms with Gasteiger partial charge in [-0.3, -0.25) is 9.58 Å². The molecule has 0 bridgehead atoms. The molecule has 7 heteroatoms. The van der Waals surface area contributed by atoms with Crippen molar-refractivity contribution in [1.82, 2.24) is 34.8 Å². The second-order valence-electron chi connectivity index (χ2n) is 6.86. The second kappa shape index (κ2) is 7.23. The SMILES string of the molecule is Cc1[nH]cnc1CN1CCC(Cn2cc(CN(C)C)nn2)CC1. The number of aryl methyl sites for hydroxylation is 1. The Morgan fingerprint density at radius 1 is 1.30 bits per heavy atom. The summed E-state index contributed by atoms with van der Waals surface area (Å²) in [7, 11) is 4.10. The van der Waals surface area contributed by atoms with Crippen molar-refractivity contribution >= 4 is 0 Å². The van der Waals surface area contributed by atoms with Crippen LogP contribution in [0.4, 0.5) is 0 Å². The molecule has 23 heavy (non-hydrogen) atoms. The molecule has 1 fully saturated rings. The fourth-order valence-corrected chi connectivity index (χ4v) is 3.17. The van der Waals surface area contributed by atoms with Crippen molar-refractivity contribution in [2.45, 2.75) is 39.4 Å². The van der Waals surface area contributed by atoms with Gasteiger partial charge in [0.1, 0.15) is 0 Å². The van der Waals surface area contributed by atoms with Crippen molar-refractivity contribution in [3.63, 3.8) is 0 Å². The molecule has 0 amide bonds. The van der Waals surface area contributed by atoms with Crippen LogP contribution in [0.25, 0.3) is 0 Å². The first-order valence-electron chi connectivity index (χ1n) is 8.35. The van der Waals surface area contributed by atoms with Gasteiger partial charge in [-0.1, -0.05) is 5.21 Å². The summed E-state index contributed by atoms with van der Waals surface area (Å²) in [5.74, 6) is 0.695. The van der Waals surface area contributed by atoms with Crippen LogP contribution in [0.3, 0.4) is 0 Å². The van der Waals surface area contributed by atoms with Crippen LogP contribution in [-0.4, -0.2) is 61.9 Å². The first-order chi connectivity index (χ1) is 11.1. The number of imidazole rings is 1. The van der Waals surface area contributed by atoms with Crippen LogP contribution in [0.2, 0.25) is 0 Å². The first kappa shape index (κ1) is 16.1. The fraction of sp³-hybridized carbons (Fsp3) is 0.688. The highest BCUT2D eigenvalue weighted by molar-refractivity contribution is 5.08. The Kier molecular flexibility index (Phi) is 5.07. The molecule has 3 heterocycles. The zero-order valence-corrected chi connectivity index (χ0v) is 14.4. The lowest BCUT2D eigenvalue weighted by Gasteiger charge is -2.31. The van der Waals surface area contributed by atoms with Gasteiger partial charge in [0.25, 0.3) is 0 Å². The summed E-state index contributed by atoms with van der Waals surface area (Å²) in [6, 6.07) is 0. The molecule has 126 valence electrons. The van der Waals surface area contributed by atoms with E-state index in [-0.39, 0.29) is 0 Å². The van der Waals surface area contributed by atoms with Gasteiger partial charge in [0.05, 0.1) is 17.7 Å². The lowest BCUT2D eigenvalue weighted by Crippen LogP contribution is -2.34. The molecule has 0 saturated carbocycles. The third kappa shape index (κ3) is 4.39. The predicted molar refractivity (Wildman–Crippen MR) is 88.7 cm³/mol. The Balaban J connectivity index is 1.45. The van der Waals surface area contributed by atoms with Gasteiger partial charge in [-0.15, -0.1) is 5.10 Å². The predicted octanol–water partition coefficient (Wildman–Crippen LogP) is 1.28. The summed E-state index contributed by atoms with van der Waals surface area (Å²) in [5.41, 5.74) is 3.40. The van der Waals surface area contributed by atoms with E-state index in [0.717, 1.165) is 38.4 Å². The van der Waals surface area contributed by atoms with E-state index in [0.29, 0.717) is 5.92 Å². The lowest BCUT2D eigenvalue weighted by atomic mass is 9.96. The van der Waals surface area contributed by atoms with Crippen LogP contribution in [0.1, 0.15) is 29.9 Å². The number of aromatic nitrogens is 5. The highest BCUT2D eigenvalue weighted by Gasteiger charge is 2.21. The standard InChI is InChI=1S/C16H27N7/c1-13-16(18-12-17-13)11-22-6-4-14(5-7-22)8-23-10-15(19-20-23)9-21(2)3/h10,12,14H,4-9,11H2,1-3H3,(H,17,18). The zero-order chi connectivity index (χ0) is 16.2. The van der Waals surface area contributed by atoms with Crippen LogP contribution < -0.4 is 0 Å². The molecule has 1 aliphatic rings. The summed E-state index contributed by atoms with van der Waals surface area (Å²) in [6.07, 6.45) is 6.30. The minimum Gasteiger partial charge on any atom is -0.348 e. The van der Waals surface area contributed by atoms with Crippen molar-refractivity contribution in [2.75, 3.05) is 27.2 Å². The maximum absolute atomic E-state index is 4.40. The smallest absolute Gasteiger partial charge is 0.0966 e. The number of nitrogens with one attached hydrogen (secondary N) is 1. The van der Waals surface area contributed by atoms with E-state index in [1.54, 1.807) is 6.33 Å². The van der Waals surface area contributed by atoms with Crippen molar-refractivity contribution in [2.24, 2.45) is 5.92 Å². The van der Waals surface area contributed by atoms with Crippen molar-refractivity contribution < 1.29 is 0 Å². The Morgan fingerprint density at radius 2 is 2.09 bits per heavy atom. The Bertz CT molecular complexity index is 607. The fourth-order valence-electron chi connectivity index (χ4n) is 3.17. The van der Waals surface area contributed by atoms with E-state index >= 15 is 0 Å². The molecule has 2 aromatic rings. The normalized spacial score (nSPS) is 17.2. The van der Waals surface area contributed by atoms with Gasteiger partial charge in [-0.2, -0.15) is 0 Å². The van der Waals surface area contributed by atoms with E-state index in [1.807, 2.05) is 4.68 Å². The maximum atomic E-state index is 4.40. The molecular formula is C16H27N7. The molecule has 0 radical (unpaired) electrons. The Morgan fingerprint density at radius 3 is 2.74 bits per heavy atom. The topological polar surface area (TPSA) is 65.9 Å². The van der Waals surface area contributed by atoms with E-state index < -0.39 is 0 Å². The average Bonchev–Trinajstić information content (AvgIpc) is 3.10. The molecule has 3 rings (SSSR count). The molecule has 7 nitrogen and oxygen atoms in total. The molecule has 0 aromatic carbocycles. The zero-order valence-electron chi connectivity index (χ0n) is 14.4. The molecule has 0 unspecified atom stereocenters. The summed E-state index contributed by atoms with van der Waals surface area (Å²) in [4.78, 5) is 12.2. The van der Waals surface area contributed by atoms with Crippen LogP contribution in [-0.2, 0) is 19.6 Å². The van der Waals surface area contributed by atoms with Gasteiger partial charge in [-0.25, -0.2) is 4.98 Å². The first-order valence-corrected chi connectivity index (χ1v) is 8.35. The molecule has 1 saturated heterocycles. The van der Waals surface area contributed by atoms with Gasteiger partial charge < -0.3 is 9.88 Å². The van der Waals surface area contributed by atoms with Gasteiger partial charge >= 0.3 is 0 Å².